The van der Waals surface area contributed by atoms with Crippen molar-refractivity contribution in [2.75, 3.05) is 0 Å². The molecule has 0 rings (SSSR count). The molecular formula is Ca4O12P2S. The molecule has 0 radical (unpaired) electrons. The Morgan fingerprint density at radius 3 is 0.579 bits per heavy atom. The van der Waals surface area contributed by atoms with Crippen LogP contribution >= 0.6 is 15.6 Å². The number of hydrogen-bond acceptors (Lipinski definition) is 12. The maximum Gasteiger partial charge on any atom is 2.00 e. The van der Waals surface area contributed by atoms with Crippen molar-refractivity contribution in [3.05, 3.63) is 0 Å². The van der Waals surface area contributed by atoms with E-state index in [0.717, 1.165) is 0 Å². The van der Waals surface area contributed by atoms with Gasteiger partial charge in [0.15, 0.2) is 0 Å². The zero-order valence-corrected chi connectivity index (χ0v) is 20.5. The molecule has 0 bridgehead atoms. The van der Waals surface area contributed by atoms with Crippen LogP contribution in [0.15, 0.2) is 0 Å². The van der Waals surface area contributed by atoms with E-state index in [0.29, 0.717) is 0 Å². The summed E-state index contributed by atoms with van der Waals surface area (Å²) >= 11 is 0. The van der Waals surface area contributed by atoms with Gasteiger partial charge in [0.1, 0.15) is 0 Å². The van der Waals surface area contributed by atoms with Crippen molar-refractivity contribution in [1.82, 2.24) is 0 Å². The Bertz CT molecular complexity index is 292. The molecule has 0 atom stereocenters. The third-order valence-electron chi connectivity index (χ3n) is 0. The molecule has 0 saturated carbocycles. The third-order valence-corrected chi connectivity index (χ3v) is 0. The first kappa shape index (κ1) is 44.0. The zero-order chi connectivity index (χ0) is 13.5. The molecule has 0 saturated heterocycles. The van der Waals surface area contributed by atoms with E-state index in [1.165, 1.54) is 0 Å². The quantitative estimate of drug-likeness (QED) is 0.145. The summed E-state index contributed by atoms with van der Waals surface area (Å²) in [5, 5.41) is 0. The zero-order valence-electron chi connectivity index (χ0n) is 9.03. The molecule has 0 aromatic heterocycles. The van der Waals surface area contributed by atoms with Gasteiger partial charge >= 0.3 is 151 Å². The van der Waals surface area contributed by atoms with Gasteiger partial charge in [-0.25, -0.2) is 0 Å². The average molecular weight is 446 g/mol. The smallest absolute Gasteiger partial charge is 0.822 e. The van der Waals surface area contributed by atoms with Gasteiger partial charge in [-0.05, 0) is 0 Å². The van der Waals surface area contributed by atoms with Crippen LogP contribution in [0.5, 0.6) is 0 Å². The van der Waals surface area contributed by atoms with Gasteiger partial charge in [-0.15, -0.1) is 0 Å². The largest absolute Gasteiger partial charge is 2.00 e. The molecule has 0 aliphatic carbocycles. The number of rotatable bonds is 0. The van der Waals surface area contributed by atoms with E-state index in [2.05, 4.69) is 0 Å². The second kappa shape index (κ2) is 21.2. The Morgan fingerprint density at radius 1 is 0.579 bits per heavy atom. The minimum absolute atomic E-state index is 0. The van der Waals surface area contributed by atoms with Gasteiger partial charge in [-0.2, -0.15) is 15.6 Å². The fourth-order valence-corrected chi connectivity index (χ4v) is 0. The molecule has 12 nitrogen and oxygen atoms in total. The van der Waals surface area contributed by atoms with Crippen molar-refractivity contribution in [1.29, 1.82) is 0 Å². The van der Waals surface area contributed by atoms with E-state index in [4.69, 9.17) is 56.0 Å². The van der Waals surface area contributed by atoms with Crippen molar-refractivity contribution in [2.45, 2.75) is 0 Å². The van der Waals surface area contributed by atoms with E-state index in [1.807, 2.05) is 0 Å². The Morgan fingerprint density at radius 2 is 0.579 bits per heavy atom. The molecule has 0 aromatic rings. The molecule has 19 heteroatoms. The molecule has 0 unspecified atom stereocenters. The van der Waals surface area contributed by atoms with E-state index < -0.39 is 26.0 Å². The van der Waals surface area contributed by atoms with Crippen LogP contribution in [-0.2, 0) is 19.5 Å². The molecule has 0 aliphatic heterocycles. The fourth-order valence-electron chi connectivity index (χ4n) is 0. The number of phosphoric acid groups is 2. The van der Waals surface area contributed by atoms with Gasteiger partial charge in [-0.1, -0.05) is 0 Å². The molecule has 0 aliphatic rings. The molecule has 0 aromatic carbocycles. The number of hydrogen-bond donors (Lipinski definition) is 0. The summed E-state index contributed by atoms with van der Waals surface area (Å²) in [6, 6.07) is 0. The fraction of sp³-hybridized carbons (Fsp3) is 0. The summed E-state index contributed by atoms with van der Waals surface area (Å²) in [6.45, 7) is 0. The van der Waals surface area contributed by atoms with Crippen molar-refractivity contribution in [3.8, 4) is 0 Å². The van der Waals surface area contributed by atoms with Crippen LogP contribution in [0, 0.1) is 0 Å². The summed E-state index contributed by atoms with van der Waals surface area (Å²) < 4.78 is 51.2. The Balaban J connectivity index is -0.0000000206. The Hall–Kier alpha value is 5.13. The summed E-state index contributed by atoms with van der Waals surface area (Å²) in [5.74, 6) is 0. The van der Waals surface area contributed by atoms with E-state index in [-0.39, 0.29) is 151 Å². The first-order valence-corrected chi connectivity index (χ1v) is 6.38. The molecule has 0 heterocycles. The first-order chi connectivity index (χ1) is 6.00. The van der Waals surface area contributed by atoms with E-state index in [9.17, 15) is 0 Å². The molecular weight excluding hydrogens is 446 g/mol. The Kier molecular flexibility index (Phi) is 49.0. The minimum Gasteiger partial charge on any atom is -0.822 e. The van der Waals surface area contributed by atoms with Gasteiger partial charge in [0.25, 0.3) is 0 Å². The predicted octanol–water partition coefficient (Wildman–Crippen LogP) is -8.51. The molecule has 0 spiro atoms. The second-order valence-electron chi connectivity index (χ2n) is 1.30. The minimum atomic E-state index is -5.39. The van der Waals surface area contributed by atoms with Crippen LogP contribution in [0.4, 0.5) is 0 Å². The summed E-state index contributed by atoms with van der Waals surface area (Å²) in [4.78, 5) is 51.3. The second-order valence-corrected chi connectivity index (χ2v) is 3.91. The van der Waals surface area contributed by atoms with Crippen molar-refractivity contribution < 1.29 is 56.0 Å². The monoisotopic (exact) mass is 446 g/mol. The molecule has 0 N–H and O–H groups in total. The summed E-state index contributed by atoms with van der Waals surface area (Å²) in [7, 11) is -15.9. The van der Waals surface area contributed by atoms with E-state index >= 15 is 0 Å². The molecule has 96 valence electrons. The van der Waals surface area contributed by atoms with Crippen molar-refractivity contribution >= 4 is 177 Å². The van der Waals surface area contributed by atoms with Crippen LogP contribution in [0.3, 0.4) is 0 Å². The third kappa shape index (κ3) is 393. The van der Waals surface area contributed by atoms with Gasteiger partial charge < -0.3 is 47.6 Å². The predicted molar refractivity (Wildman–Crippen MR) is 48.7 cm³/mol. The van der Waals surface area contributed by atoms with Crippen LogP contribution in [0.2, 0.25) is 0 Å². The average Bonchev–Trinajstić information content (AvgIpc) is 1.41. The van der Waals surface area contributed by atoms with Gasteiger partial charge in [-0.3, -0.25) is 8.42 Å². The van der Waals surface area contributed by atoms with E-state index in [1.54, 1.807) is 0 Å². The topological polar surface area (TPSA) is 253 Å². The van der Waals surface area contributed by atoms with Crippen LogP contribution in [-0.4, -0.2) is 168 Å². The maximum absolute atomic E-state index is 8.55. The van der Waals surface area contributed by atoms with Crippen LogP contribution < -0.4 is 29.4 Å². The van der Waals surface area contributed by atoms with Gasteiger partial charge in [0.05, 0.1) is 0 Å². The SMILES string of the molecule is O=P([O-])([O-])[O-].O=P([O-])([O-])[O-].O=S(=O)([O-])[O-].[Ca+2].[Ca+2].[Ca+2].[Ca+2]. The van der Waals surface area contributed by atoms with Crippen molar-refractivity contribution in [2.24, 2.45) is 0 Å². The maximum atomic E-state index is 8.55. The molecule has 0 fully saturated rings. The van der Waals surface area contributed by atoms with Gasteiger partial charge in [0.2, 0.25) is 0 Å². The summed E-state index contributed by atoms with van der Waals surface area (Å²) in [5.41, 5.74) is 0. The van der Waals surface area contributed by atoms with Crippen LogP contribution in [0.1, 0.15) is 0 Å². The van der Waals surface area contributed by atoms with Crippen molar-refractivity contribution in [3.63, 3.8) is 0 Å². The first-order valence-electron chi connectivity index (χ1n) is 2.13. The molecule has 0 amide bonds. The standard InChI is InChI=1S/4Ca.2H3O4P.H2O4S/c;;;;3*1-5(2,3)4/h;;;;2*(H3,1,2,3,4);(H2,1,2,3,4)/q4*+2;;;/p-8. The molecule has 19 heavy (non-hydrogen) atoms. The van der Waals surface area contributed by atoms with Crippen LogP contribution in [0.25, 0.3) is 0 Å². The van der Waals surface area contributed by atoms with Gasteiger partial charge in [0, 0.05) is 10.4 Å². The summed E-state index contributed by atoms with van der Waals surface area (Å²) in [6.07, 6.45) is 0. The normalized spacial score (nSPS) is 9.26. The Labute approximate surface area is 227 Å².